The Kier molecular flexibility index (Phi) is 22.7. The predicted molar refractivity (Wildman–Crippen MR) is 149 cm³/mol. The lowest BCUT2D eigenvalue weighted by Crippen LogP contribution is -2.42. The minimum absolute atomic E-state index is 0.0632. The Labute approximate surface area is 218 Å². The summed E-state index contributed by atoms with van der Waals surface area (Å²) in [5.74, 6) is -1.16. The van der Waals surface area contributed by atoms with Crippen LogP contribution >= 0.6 is 0 Å². The molecule has 1 unspecified atom stereocenters. The average molecular weight is 499 g/mol. The van der Waals surface area contributed by atoms with Crippen LogP contribution in [0.2, 0.25) is 0 Å². The first-order valence-electron chi connectivity index (χ1n) is 15.9. The highest BCUT2D eigenvalue weighted by Crippen LogP contribution is 2.36. The quantitative estimate of drug-likeness (QED) is 0.0758. The minimum atomic E-state index is -1.23. The van der Waals surface area contributed by atoms with Crippen molar-refractivity contribution in [3.63, 3.8) is 0 Å². The van der Waals surface area contributed by atoms with Gasteiger partial charge >= 0.3 is 0 Å². The second kappa shape index (κ2) is 24.2. The van der Waals surface area contributed by atoms with Crippen molar-refractivity contribution in [2.24, 2.45) is 5.92 Å². The van der Waals surface area contributed by atoms with E-state index >= 15 is 0 Å². The van der Waals surface area contributed by atoms with Gasteiger partial charge in [0.25, 0.3) is 0 Å². The third-order valence-corrected chi connectivity index (χ3v) is 8.42. The van der Waals surface area contributed by atoms with Gasteiger partial charge in [0.1, 0.15) is 0 Å². The zero-order chi connectivity index (χ0) is 25.3. The van der Waals surface area contributed by atoms with Gasteiger partial charge in [-0.2, -0.15) is 0 Å². The normalized spacial score (nSPS) is 19.8. The van der Waals surface area contributed by atoms with E-state index in [2.05, 4.69) is 6.92 Å². The molecule has 0 spiro atoms. The van der Waals surface area contributed by atoms with E-state index in [4.69, 9.17) is 9.78 Å². The van der Waals surface area contributed by atoms with Gasteiger partial charge < -0.3 is 0 Å². The van der Waals surface area contributed by atoms with Gasteiger partial charge in [0.15, 0.2) is 0 Å². The highest BCUT2D eigenvalue weighted by molar-refractivity contribution is 4.79. The van der Waals surface area contributed by atoms with Crippen LogP contribution in [0.25, 0.3) is 0 Å². The fraction of sp³-hybridized carbons (Fsp3) is 1.00. The highest BCUT2D eigenvalue weighted by atomic mass is 17.2. The maximum atomic E-state index is 9.68. The van der Waals surface area contributed by atoms with Gasteiger partial charge in [-0.3, -0.25) is 0 Å². The molecule has 4 nitrogen and oxygen atoms in total. The molecule has 1 fully saturated rings. The number of rotatable bonds is 20. The van der Waals surface area contributed by atoms with Crippen LogP contribution in [0.5, 0.6) is 0 Å². The lowest BCUT2D eigenvalue weighted by molar-refractivity contribution is -0.503. The van der Waals surface area contributed by atoms with Crippen molar-refractivity contribution < 1.29 is 20.3 Å². The van der Waals surface area contributed by atoms with Crippen molar-refractivity contribution in [2.45, 2.75) is 192 Å². The van der Waals surface area contributed by atoms with Crippen LogP contribution in [0, 0.1) is 5.92 Å². The topological polar surface area (TPSA) is 58.9 Å². The van der Waals surface area contributed by atoms with Gasteiger partial charge in [-0.05, 0) is 19.3 Å². The molecule has 1 aliphatic rings. The van der Waals surface area contributed by atoms with Crippen LogP contribution in [0.4, 0.5) is 0 Å². The van der Waals surface area contributed by atoms with E-state index in [0.29, 0.717) is 6.42 Å². The molecule has 0 bridgehead atoms. The molecule has 1 aliphatic carbocycles. The fourth-order valence-corrected chi connectivity index (χ4v) is 5.98. The lowest BCUT2D eigenvalue weighted by Gasteiger charge is -2.35. The summed E-state index contributed by atoms with van der Waals surface area (Å²) < 4.78 is 0. The summed E-state index contributed by atoms with van der Waals surface area (Å²) in [6.45, 7) is 2.29. The molecular formula is C31H62O4. The Balaban J connectivity index is 2.07. The van der Waals surface area contributed by atoms with Gasteiger partial charge in [-0.25, -0.2) is 20.3 Å². The van der Waals surface area contributed by atoms with Crippen molar-refractivity contribution in [2.75, 3.05) is 0 Å². The third kappa shape index (κ3) is 17.1. The summed E-state index contributed by atoms with van der Waals surface area (Å²) in [7, 11) is 0. The molecule has 0 radical (unpaired) electrons. The maximum Gasteiger partial charge on any atom is 0.236 e. The molecule has 0 saturated heterocycles. The maximum absolute atomic E-state index is 9.68. The molecule has 1 rings (SSSR count). The predicted octanol–water partition coefficient (Wildman–Crippen LogP) is 11.2. The molecule has 2 N–H and O–H groups in total. The van der Waals surface area contributed by atoms with Gasteiger partial charge in [0.05, 0.1) is 0 Å². The summed E-state index contributed by atoms with van der Waals surface area (Å²) in [6.07, 6.45) is 35.4. The molecule has 0 amide bonds. The van der Waals surface area contributed by atoms with Crippen LogP contribution < -0.4 is 0 Å². The van der Waals surface area contributed by atoms with E-state index in [-0.39, 0.29) is 5.92 Å². The summed E-state index contributed by atoms with van der Waals surface area (Å²) in [6, 6.07) is 0. The molecule has 1 saturated carbocycles. The van der Waals surface area contributed by atoms with E-state index in [1.165, 1.54) is 135 Å². The fourth-order valence-electron chi connectivity index (χ4n) is 5.98. The molecule has 0 aromatic carbocycles. The first kappa shape index (κ1) is 32.9. The number of hydrogen-bond acceptors (Lipinski definition) is 4. The molecule has 210 valence electrons. The third-order valence-electron chi connectivity index (χ3n) is 8.42. The summed E-state index contributed by atoms with van der Waals surface area (Å²) in [5, 5.41) is 19.4. The monoisotopic (exact) mass is 498 g/mol. The second-order valence-electron chi connectivity index (χ2n) is 11.5. The smallest absolute Gasteiger partial charge is 0.236 e. The summed E-state index contributed by atoms with van der Waals surface area (Å²) in [5.41, 5.74) is 0. The van der Waals surface area contributed by atoms with Crippen molar-refractivity contribution >= 4 is 0 Å². The Hall–Kier alpha value is -0.160. The van der Waals surface area contributed by atoms with Gasteiger partial charge in [0, 0.05) is 12.3 Å². The zero-order valence-corrected chi connectivity index (χ0v) is 23.6. The Morgan fingerprint density at radius 2 is 0.886 bits per heavy atom. The van der Waals surface area contributed by atoms with Gasteiger partial charge in [0.2, 0.25) is 5.79 Å². The van der Waals surface area contributed by atoms with E-state index in [1.807, 2.05) is 0 Å². The van der Waals surface area contributed by atoms with E-state index in [0.717, 1.165) is 38.5 Å². The first-order valence-corrected chi connectivity index (χ1v) is 15.9. The van der Waals surface area contributed by atoms with Crippen LogP contribution in [-0.2, 0) is 9.78 Å². The number of hydrogen-bond donors (Lipinski definition) is 2. The number of unbranched alkanes of at least 4 members (excludes halogenated alkanes) is 16. The Morgan fingerprint density at radius 3 is 1.31 bits per heavy atom. The minimum Gasteiger partial charge on any atom is -0.249 e. The van der Waals surface area contributed by atoms with Crippen molar-refractivity contribution in [1.29, 1.82) is 0 Å². The van der Waals surface area contributed by atoms with Crippen LogP contribution in [0.3, 0.4) is 0 Å². The second-order valence-corrected chi connectivity index (χ2v) is 11.5. The van der Waals surface area contributed by atoms with Crippen molar-refractivity contribution in [1.82, 2.24) is 0 Å². The van der Waals surface area contributed by atoms with E-state index in [1.54, 1.807) is 0 Å². The van der Waals surface area contributed by atoms with Crippen LogP contribution in [-0.4, -0.2) is 16.3 Å². The molecule has 35 heavy (non-hydrogen) atoms. The molecule has 0 aromatic heterocycles. The average Bonchev–Trinajstić information content (AvgIpc) is 2.87. The molecule has 0 aromatic rings. The SMILES string of the molecule is CCCCCCCCCCCCCCCCCCCC1CCCCCCCCCCC1(OO)OO. The standard InChI is InChI=1S/C31H62O4/c1-2-3-4-5-6-7-8-9-10-11-12-13-14-15-18-21-24-27-30-28-25-22-19-16-17-20-23-26-29-31(30,34-32)35-33/h30,32-33H,2-29H2,1H3. The highest BCUT2D eigenvalue weighted by Gasteiger charge is 2.41. The molecule has 4 heteroatoms. The Bertz CT molecular complexity index is 424. The van der Waals surface area contributed by atoms with Gasteiger partial charge in [-0.15, -0.1) is 0 Å². The van der Waals surface area contributed by atoms with Crippen LogP contribution in [0.15, 0.2) is 0 Å². The van der Waals surface area contributed by atoms with Gasteiger partial charge in [-0.1, -0.05) is 161 Å². The van der Waals surface area contributed by atoms with E-state index in [9.17, 15) is 10.5 Å². The van der Waals surface area contributed by atoms with Crippen LogP contribution in [0.1, 0.15) is 187 Å². The summed E-state index contributed by atoms with van der Waals surface area (Å²) >= 11 is 0. The molecular weight excluding hydrogens is 436 g/mol. The molecule has 0 aliphatic heterocycles. The van der Waals surface area contributed by atoms with E-state index < -0.39 is 5.79 Å². The largest absolute Gasteiger partial charge is 0.249 e. The Morgan fingerprint density at radius 1 is 0.514 bits per heavy atom. The lowest BCUT2D eigenvalue weighted by atomic mass is 9.84. The van der Waals surface area contributed by atoms with Crippen molar-refractivity contribution in [3.8, 4) is 0 Å². The summed E-state index contributed by atoms with van der Waals surface area (Å²) in [4.78, 5) is 9.71. The zero-order valence-electron chi connectivity index (χ0n) is 23.6. The molecule has 0 heterocycles. The van der Waals surface area contributed by atoms with Crippen molar-refractivity contribution in [3.05, 3.63) is 0 Å². The first-order chi connectivity index (χ1) is 17.3. The molecule has 1 atom stereocenters.